The van der Waals surface area contributed by atoms with Crippen molar-refractivity contribution in [2.24, 2.45) is 5.73 Å². The Balaban J connectivity index is 3.27. The van der Waals surface area contributed by atoms with Crippen LogP contribution in [-0.4, -0.2) is 39.5 Å². The van der Waals surface area contributed by atoms with E-state index in [1.54, 1.807) is 6.92 Å². The molecule has 5 nitrogen and oxygen atoms in total. The molecular formula is C12H18F2N2O3S. The number of halogens is 2. The standard InChI is InChI=1S/C12H18F2N2O3S/c1-3-16(6-7-19-2)20(17,18)11-5-4-10(13)9(8-15)12(11)14/h4-5H,3,6-8,15H2,1-2H3. The van der Waals surface area contributed by atoms with Crippen molar-refractivity contribution in [3.63, 3.8) is 0 Å². The number of benzene rings is 1. The molecule has 0 saturated carbocycles. The van der Waals surface area contributed by atoms with Crippen molar-refractivity contribution in [3.05, 3.63) is 29.3 Å². The van der Waals surface area contributed by atoms with E-state index in [0.717, 1.165) is 16.4 Å². The van der Waals surface area contributed by atoms with Crippen LogP contribution in [0, 0.1) is 11.6 Å². The van der Waals surface area contributed by atoms with Crippen molar-refractivity contribution in [2.75, 3.05) is 26.8 Å². The average Bonchev–Trinajstić information content (AvgIpc) is 2.39. The molecule has 0 heterocycles. The summed E-state index contributed by atoms with van der Waals surface area (Å²) < 4.78 is 58.0. The van der Waals surface area contributed by atoms with E-state index >= 15 is 0 Å². The molecule has 0 aliphatic carbocycles. The Kier molecular flexibility index (Phi) is 6.00. The highest BCUT2D eigenvalue weighted by Crippen LogP contribution is 2.23. The highest BCUT2D eigenvalue weighted by atomic mass is 32.2. The average molecular weight is 308 g/mol. The van der Waals surface area contributed by atoms with Crippen LogP contribution in [-0.2, 0) is 21.3 Å². The molecule has 0 unspecified atom stereocenters. The fraction of sp³-hybridized carbons (Fsp3) is 0.500. The van der Waals surface area contributed by atoms with Gasteiger partial charge in [-0.1, -0.05) is 6.92 Å². The van der Waals surface area contributed by atoms with Gasteiger partial charge in [0.25, 0.3) is 0 Å². The van der Waals surface area contributed by atoms with E-state index in [4.69, 9.17) is 10.5 Å². The van der Waals surface area contributed by atoms with Crippen LogP contribution in [0.3, 0.4) is 0 Å². The quantitative estimate of drug-likeness (QED) is 0.818. The zero-order valence-corrected chi connectivity index (χ0v) is 12.2. The molecule has 1 rings (SSSR count). The Labute approximate surface area is 117 Å². The largest absolute Gasteiger partial charge is 0.383 e. The van der Waals surface area contributed by atoms with Crippen molar-refractivity contribution in [1.82, 2.24) is 4.31 Å². The molecule has 114 valence electrons. The first-order chi connectivity index (χ1) is 9.39. The van der Waals surface area contributed by atoms with E-state index in [2.05, 4.69) is 0 Å². The predicted molar refractivity (Wildman–Crippen MR) is 70.6 cm³/mol. The zero-order chi connectivity index (χ0) is 15.3. The van der Waals surface area contributed by atoms with Gasteiger partial charge < -0.3 is 10.5 Å². The molecule has 0 bridgehead atoms. The summed E-state index contributed by atoms with van der Waals surface area (Å²) in [7, 11) is -2.61. The Morgan fingerprint density at radius 2 is 2.00 bits per heavy atom. The molecule has 0 amide bonds. The van der Waals surface area contributed by atoms with Gasteiger partial charge >= 0.3 is 0 Å². The number of nitrogens with two attached hydrogens (primary N) is 1. The van der Waals surface area contributed by atoms with Gasteiger partial charge in [-0.3, -0.25) is 0 Å². The summed E-state index contributed by atoms with van der Waals surface area (Å²) in [5.41, 5.74) is 4.81. The first-order valence-electron chi connectivity index (χ1n) is 6.06. The van der Waals surface area contributed by atoms with Gasteiger partial charge in [0.1, 0.15) is 10.7 Å². The van der Waals surface area contributed by atoms with Gasteiger partial charge in [0.2, 0.25) is 10.0 Å². The normalized spacial score (nSPS) is 12.1. The minimum Gasteiger partial charge on any atom is -0.383 e. The number of likely N-dealkylation sites (N-methyl/N-ethyl adjacent to an activating group) is 1. The van der Waals surface area contributed by atoms with E-state index in [1.165, 1.54) is 7.11 Å². The van der Waals surface area contributed by atoms with Crippen LogP contribution in [0.1, 0.15) is 12.5 Å². The van der Waals surface area contributed by atoms with Gasteiger partial charge in [-0.2, -0.15) is 4.31 Å². The number of hydrogen-bond acceptors (Lipinski definition) is 4. The topological polar surface area (TPSA) is 72.6 Å². The molecule has 0 radical (unpaired) electrons. The van der Waals surface area contributed by atoms with Crippen molar-refractivity contribution < 1.29 is 21.9 Å². The van der Waals surface area contributed by atoms with E-state index in [0.29, 0.717) is 0 Å². The molecule has 0 aliphatic rings. The lowest BCUT2D eigenvalue weighted by atomic mass is 10.2. The maximum absolute atomic E-state index is 14.1. The summed E-state index contributed by atoms with van der Waals surface area (Å²) in [6.45, 7) is 1.63. The van der Waals surface area contributed by atoms with Crippen molar-refractivity contribution in [1.29, 1.82) is 0 Å². The van der Waals surface area contributed by atoms with Gasteiger partial charge in [0, 0.05) is 32.3 Å². The summed E-state index contributed by atoms with van der Waals surface area (Å²) in [6.07, 6.45) is 0. The summed E-state index contributed by atoms with van der Waals surface area (Å²) in [5, 5.41) is 0. The minimum atomic E-state index is -4.05. The molecule has 0 aliphatic heterocycles. The van der Waals surface area contributed by atoms with Crippen LogP contribution in [0.5, 0.6) is 0 Å². The SMILES string of the molecule is CCN(CCOC)S(=O)(=O)c1ccc(F)c(CN)c1F. The van der Waals surface area contributed by atoms with Gasteiger partial charge in [0.15, 0.2) is 5.82 Å². The van der Waals surface area contributed by atoms with Crippen LogP contribution >= 0.6 is 0 Å². The number of ether oxygens (including phenoxy) is 1. The summed E-state index contributed by atoms with van der Waals surface area (Å²) >= 11 is 0. The molecular weight excluding hydrogens is 290 g/mol. The monoisotopic (exact) mass is 308 g/mol. The molecule has 1 aromatic carbocycles. The van der Waals surface area contributed by atoms with Gasteiger partial charge in [-0.25, -0.2) is 17.2 Å². The number of methoxy groups -OCH3 is 1. The van der Waals surface area contributed by atoms with Crippen LogP contribution in [0.4, 0.5) is 8.78 Å². The third kappa shape index (κ3) is 3.32. The third-order valence-corrected chi connectivity index (χ3v) is 4.86. The Hall–Kier alpha value is -1.09. The second-order valence-corrected chi connectivity index (χ2v) is 5.94. The Morgan fingerprint density at radius 3 is 2.50 bits per heavy atom. The molecule has 0 aromatic heterocycles. The second kappa shape index (κ2) is 7.07. The van der Waals surface area contributed by atoms with Crippen LogP contribution in [0.25, 0.3) is 0 Å². The van der Waals surface area contributed by atoms with Gasteiger partial charge in [0.05, 0.1) is 6.61 Å². The summed E-state index contributed by atoms with van der Waals surface area (Å²) in [5.74, 6) is -1.99. The van der Waals surface area contributed by atoms with Crippen LogP contribution in [0.15, 0.2) is 17.0 Å². The second-order valence-electron chi connectivity index (χ2n) is 4.03. The molecule has 0 saturated heterocycles. The Bertz CT molecular complexity index is 564. The Morgan fingerprint density at radius 1 is 1.35 bits per heavy atom. The van der Waals surface area contributed by atoms with Crippen molar-refractivity contribution >= 4 is 10.0 Å². The fourth-order valence-electron chi connectivity index (χ4n) is 1.74. The van der Waals surface area contributed by atoms with Crippen LogP contribution < -0.4 is 5.73 Å². The molecule has 20 heavy (non-hydrogen) atoms. The highest BCUT2D eigenvalue weighted by Gasteiger charge is 2.28. The summed E-state index contributed by atoms with van der Waals surface area (Å²) in [4.78, 5) is -0.572. The lowest BCUT2D eigenvalue weighted by molar-refractivity contribution is 0.180. The molecule has 8 heteroatoms. The molecule has 0 spiro atoms. The number of nitrogens with zero attached hydrogens (tertiary/aromatic N) is 1. The zero-order valence-electron chi connectivity index (χ0n) is 11.4. The highest BCUT2D eigenvalue weighted by molar-refractivity contribution is 7.89. The van der Waals surface area contributed by atoms with E-state index in [9.17, 15) is 17.2 Å². The smallest absolute Gasteiger partial charge is 0.246 e. The van der Waals surface area contributed by atoms with Crippen LogP contribution in [0.2, 0.25) is 0 Å². The lowest BCUT2D eigenvalue weighted by Gasteiger charge is -2.21. The number of rotatable bonds is 7. The molecule has 1 aromatic rings. The maximum Gasteiger partial charge on any atom is 0.246 e. The molecule has 0 atom stereocenters. The van der Waals surface area contributed by atoms with Gasteiger partial charge in [-0.15, -0.1) is 0 Å². The molecule has 2 N–H and O–H groups in total. The first-order valence-corrected chi connectivity index (χ1v) is 7.50. The fourth-order valence-corrected chi connectivity index (χ4v) is 3.27. The van der Waals surface area contributed by atoms with Crippen molar-refractivity contribution in [2.45, 2.75) is 18.4 Å². The van der Waals surface area contributed by atoms with E-state index < -0.39 is 38.7 Å². The predicted octanol–water partition coefficient (Wildman–Crippen LogP) is 1.08. The van der Waals surface area contributed by atoms with E-state index in [-0.39, 0.29) is 19.7 Å². The van der Waals surface area contributed by atoms with Crippen molar-refractivity contribution in [3.8, 4) is 0 Å². The van der Waals surface area contributed by atoms with E-state index in [1.807, 2.05) is 0 Å². The third-order valence-electron chi connectivity index (χ3n) is 2.87. The number of hydrogen-bond donors (Lipinski definition) is 1. The van der Waals surface area contributed by atoms with Gasteiger partial charge in [-0.05, 0) is 12.1 Å². The lowest BCUT2D eigenvalue weighted by Crippen LogP contribution is -2.34. The maximum atomic E-state index is 14.1. The summed E-state index contributed by atoms with van der Waals surface area (Å²) in [6, 6.07) is 1.82. The number of sulfonamides is 1. The molecule has 0 fully saturated rings. The first kappa shape index (κ1) is 17.0. The minimum absolute atomic E-state index is 0.0874.